The number of fused-ring (bicyclic) bond motifs is 1. The number of nitrogens with zero attached hydrogens (tertiary/aromatic N) is 1. The molecule has 1 unspecified atom stereocenters. The molecule has 132 valence electrons. The number of hydrogen-bond donors (Lipinski definition) is 0. The maximum Gasteiger partial charge on any atom is 0.162 e. The third-order valence-electron chi connectivity index (χ3n) is 4.78. The number of benzene rings is 2. The molecule has 0 bridgehead atoms. The second-order valence-electron chi connectivity index (χ2n) is 6.50. The van der Waals surface area contributed by atoms with E-state index in [2.05, 4.69) is 35.2 Å². The molecule has 0 amide bonds. The van der Waals surface area contributed by atoms with E-state index in [0.29, 0.717) is 19.1 Å². The van der Waals surface area contributed by atoms with E-state index in [1.807, 2.05) is 23.9 Å². The molecule has 2 aromatic carbocycles. The largest absolute Gasteiger partial charge is 0.486 e. The highest BCUT2D eigenvalue weighted by Crippen LogP contribution is 2.34. The Hall–Kier alpha value is -1.36. The molecule has 2 aliphatic heterocycles. The highest BCUT2D eigenvalue weighted by atomic mass is 35.5. The fraction of sp³-hybridized carbons (Fsp3) is 0.400. The van der Waals surface area contributed by atoms with Crippen molar-refractivity contribution in [3.63, 3.8) is 0 Å². The molecule has 1 atom stereocenters. The highest BCUT2D eigenvalue weighted by molar-refractivity contribution is 7.99. The quantitative estimate of drug-likeness (QED) is 0.706. The van der Waals surface area contributed by atoms with E-state index in [-0.39, 0.29) is 0 Å². The molecular weight excluding hydrogens is 354 g/mol. The molecule has 2 aliphatic rings. The van der Waals surface area contributed by atoms with Crippen molar-refractivity contribution < 1.29 is 9.47 Å². The van der Waals surface area contributed by atoms with Gasteiger partial charge in [0.1, 0.15) is 13.2 Å². The van der Waals surface area contributed by atoms with E-state index in [0.717, 1.165) is 35.4 Å². The van der Waals surface area contributed by atoms with Crippen LogP contribution < -0.4 is 9.47 Å². The molecule has 0 spiro atoms. The Morgan fingerprint density at radius 3 is 2.84 bits per heavy atom. The van der Waals surface area contributed by atoms with Crippen LogP contribution in [0.25, 0.3) is 0 Å². The smallest absolute Gasteiger partial charge is 0.162 e. The van der Waals surface area contributed by atoms with Crippen molar-refractivity contribution in [3.8, 4) is 11.5 Å². The number of thioether (sulfide) groups is 1. The lowest BCUT2D eigenvalue weighted by molar-refractivity contribution is 0.171. The van der Waals surface area contributed by atoms with Crippen molar-refractivity contribution in [3.05, 3.63) is 53.1 Å². The Balaban J connectivity index is 1.27. The summed E-state index contributed by atoms with van der Waals surface area (Å²) in [6.07, 6.45) is 1.22. The minimum atomic E-state index is 0.609. The highest BCUT2D eigenvalue weighted by Gasteiger charge is 2.23. The lowest BCUT2D eigenvalue weighted by atomic mass is 9.99. The molecule has 2 heterocycles. The van der Waals surface area contributed by atoms with E-state index in [1.54, 1.807) is 0 Å². The number of hydrogen-bond acceptors (Lipinski definition) is 4. The van der Waals surface area contributed by atoms with E-state index >= 15 is 0 Å². The Bertz CT molecular complexity index is 739. The van der Waals surface area contributed by atoms with Crippen molar-refractivity contribution in [2.24, 2.45) is 0 Å². The number of rotatable bonds is 5. The van der Waals surface area contributed by atoms with Gasteiger partial charge < -0.3 is 14.4 Å². The maximum atomic E-state index is 6.13. The van der Waals surface area contributed by atoms with Crippen molar-refractivity contribution in [1.82, 2.24) is 4.90 Å². The van der Waals surface area contributed by atoms with Crippen LogP contribution in [0.1, 0.15) is 17.9 Å². The van der Waals surface area contributed by atoms with Gasteiger partial charge in [0.25, 0.3) is 0 Å². The summed E-state index contributed by atoms with van der Waals surface area (Å²) in [5.41, 5.74) is 1.37. The molecule has 0 saturated carbocycles. The monoisotopic (exact) mass is 375 g/mol. The predicted molar refractivity (Wildman–Crippen MR) is 103 cm³/mol. The van der Waals surface area contributed by atoms with E-state index in [1.165, 1.54) is 23.4 Å². The van der Waals surface area contributed by atoms with E-state index < -0.39 is 0 Å². The minimum absolute atomic E-state index is 0.609. The Labute approximate surface area is 158 Å². The fourth-order valence-electron chi connectivity index (χ4n) is 3.47. The lowest BCUT2D eigenvalue weighted by Gasteiger charge is -2.19. The lowest BCUT2D eigenvalue weighted by Crippen LogP contribution is -2.23. The number of halogens is 1. The molecule has 3 nitrogen and oxygen atoms in total. The summed E-state index contributed by atoms with van der Waals surface area (Å²) >= 11 is 8.01. The zero-order valence-electron chi connectivity index (χ0n) is 14.1. The van der Waals surface area contributed by atoms with Gasteiger partial charge in [-0.2, -0.15) is 0 Å². The summed E-state index contributed by atoms with van der Waals surface area (Å²) in [5.74, 6) is 3.43. The van der Waals surface area contributed by atoms with Gasteiger partial charge in [-0.1, -0.05) is 23.7 Å². The van der Waals surface area contributed by atoms with Crippen molar-refractivity contribution in [2.75, 3.05) is 38.6 Å². The van der Waals surface area contributed by atoms with Crippen LogP contribution in [-0.4, -0.2) is 43.5 Å². The SMILES string of the molecule is Clc1cccc(C2CCN(CCSc3ccc4c(c3)OCCO4)C2)c1. The van der Waals surface area contributed by atoms with Gasteiger partial charge in [0.05, 0.1) is 0 Å². The molecular formula is C20H22ClNO2S. The van der Waals surface area contributed by atoms with Crippen LogP contribution >= 0.6 is 23.4 Å². The molecule has 1 saturated heterocycles. The standard InChI is InChI=1S/C20H22ClNO2S/c21-17-3-1-2-15(12-17)16-6-7-22(14-16)8-11-25-18-4-5-19-20(13-18)24-10-9-23-19/h1-5,12-13,16H,6-11,14H2. The molecule has 0 N–H and O–H groups in total. The summed E-state index contributed by atoms with van der Waals surface area (Å²) in [7, 11) is 0. The molecule has 4 rings (SSSR count). The summed E-state index contributed by atoms with van der Waals surface area (Å²) in [4.78, 5) is 3.80. The molecule has 0 radical (unpaired) electrons. The Morgan fingerprint density at radius 1 is 1.08 bits per heavy atom. The van der Waals surface area contributed by atoms with Crippen LogP contribution in [0.15, 0.2) is 47.4 Å². The van der Waals surface area contributed by atoms with E-state index in [4.69, 9.17) is 21.1 Å². The second-order valence-corrected chi connectivity index (χ2v) is 8.10. The maximum absolute atomic E-state index is 6.13. The molecule has 25 heavy (non-hydrogen) atoms. The predicted octanol–water partition coefficient (Wildman–Crippen LogP) is 4.69. The average molecular weight is 376 g/mol. The Kier molecular flexibility index (Phi) is 5.39. The topological polar surface area (TPSA) is 21.7 Å². The van der Waals surface area contributed by atoms with Crippen molar-refractivity contribution in [1.29, 1.82) is 0 Å². The summed E-state index contributed by atoms with van der Waals surface area (Å²) in [6.45, 7) is 4.68. The normalized spacial score (nSPS) is 20.0. The van der Waals surface area contributed by atoms with Gasteiger partial charge in [-0.3, -0.25) is 0 Å². The zero-order valence-corrected chi connectivity index (χ0v) is 15.7. The zero-order chi connectivity index (χ0) is 17.1. The van der Waals surface area contributed by atoms with Gasteiger partial charge in [0.15, 0.2) is 11.5 Å². The van der Waals surface area contributed by atoms with Crippen molar-refractivity contribution >= 4 is 23.4 Å². The van der Waals surface area contributed by atoms with Gasteiger partial charge in [-0.15, -0.1) is 11.8 Å². The first-order valence-electron chi connectivity index (χ1n) is 8.78. The average Bonchev–Trinajstić information content (AvgIpc) is 3.11. The molecule has 1 fully saturated rings. The van der Waals surface area contributed by atoms with Crippen LogP contribution in [0.4, 0.5) is 0 Å². The van der Waals surface area contributed by atoms with Gasteiger partial charge in [0, 0.05) is 28.8 Å². The van der Waals surface area contributed by atoms with Gasteiger partial charge >= 0.3 is 0 Å². The van der Waals surface area contributed by atoms with Crippen LogP contribution in [0.3, 0.4) is 0 Å². The minimum Gasteiger partial charge on any atom is -0.486 e. The number of likely N-dealkylation sites (tertiary alicyclic amines) is 1. The van der Waals surface area contributed by atoms with Crippen molar-refractivity contribution in [2.45, 2.75) is 17.2 Å². The third-order valence-corrected chi connectivity index (χ3v) is 5.99. The molecule has 2 aromatic rings. The molecule has 0 aromatic heterocycles. The first-order chi connectivity index (χ1) is 12.3. The Morgan fingerprint density at radius 2 is 1.96 bits per heavy atom. The number of ether oxygens (including phenoxy) is 2. The molecule has 0 aliphatic carbocycles. The first kappa shape index (κ1) is 17.1. The second kappa shape index (κ2) is 7.90. The van der Waals surface area contributed by atoms with Crippen LogP contribution in [0.5, 0.6) is 11.5 Å². The fourth-order valence-corrected chi connectivity index (χ4v) is 4.61. The van der Waals surface area contributed by atoms with Gasteiger partial charge in [0.2, 0.25) is 0 Å². The van der Waals surface area contributed by atoms with Crippen LogP contribution in [0, 0.1) is 0 Å². The van der Waals surface area contributed by atoms with E-state index in [9.17, 15) is 0 Å². The van der Waals surface area contributed by atoms with Crippen LogP contribution in [-0.2, 0) is 0 Å². The first-order valence-corrected chi connectivity index (χ1v) is 10.1. The van der Waals surface area contributed by atoms with Gasteiger partial charge in [-0.05, 0) is 54.8 Å². The summed E-state index contributed by atoms with van der Waals surface area (Å²) in [5, 5.41) is 0.838. The van der Waals surface area contributed by atoms with Gasteiger partial charge in [-0.25, -0.2) is 0 Å². The molecule has 5 heteroatoms. The third kappa shape index (κ3) is 4.25. The van der Waals surface area contributed by atoms with Crippen LogP contribution in [0.2, 0.25) is 5.02 Å². The summed E-state index contributed by atoms with van der Waals surface area (Å²) in [6, 6.07) is 14.5. The summed E-state index contributed by atoms with van der Waals surface area (Å²) < 4.78 is 11.2.